The lowest BCUT2D eigenvalue weighted by Crippen LogP contribution is -2.47. The van der Waals surface area contributed by atoms with Gasteiger partial charge in [-0.3, -0.25) is 4.79 Å². The zero-order valence-electron chi connectivity index (χ0n) is 12.0. The van der Waals surface area contributed by atoms with E-state index in [1.54, 1.807) is 12.1 Å². The van der Waals surface area contributed by atoms with E-state index < -0.39 is 18.0 Å². The fourth-order valence-electron chi connectivity index (χ4n) is 2.40. The molecule has 21 heavy (non-hydrogen) atoms. The van der Waals surface area contributed by atoms with Crippen LogP contribution in [-0.4, -0.2) is 50.2 Å². The van der Waals surface area contributed by atoms with Gasteiger partial charge in [0.2, 0.25) is 0 Å². The van der Waals surface area contributed by atoms with Gasteiger partial charge in [0.05, 0.1) is 12.7 Å². The van der Waals surface area contributed by atoms with E-state index in [0.29, 0.717) is 18.5 Å². The summed E-state index contributed by atoms with van der Waals surface area (Å²) in [4.78, 5) is 26.1. The SMILES string of the molecule is COC(=O)[C@@H]1CN(C)CC[C@@H]1OC(=O)c1ccc(I)cc1. The summed E-state index contributed by atoms with van der Waals surface area (Å²) in [6.07, 6.45) is 0.201. The van der Waals surface area contributed by atoms with Gasteiger partial charge < -0.3 is 14.4 Å². The second-order valence-corrected chi connectivity index (χ2v) is 6.38. The van der Waals surface area contributed by atoms with Crippen LogP contribution in [-0.2, 0) is 14.3 Å². The Balaban J connectivity index is 2.07. The van der Waals surface area contributed by atoms with Gasteiger partial charge in [-0.1, -0.05) is 0 Å². The Hall–Kier alpha value is -1.15. The molecular formula is C15H18INO4. The van der Waals surface area contributed by atoms with E-state index in [1.165, 1.54) is 7.11 Å². The maximum absolute atomic E-state index is 12.2. The molecule has 1 aliphatic heterocycles. The van der Waals surface area contributed by atoms with Crippen molar-refractivity contribution in [2.24, 2.45) is 5.92 Å². The fraction of sp³-hybridized carbons (Fsp3) is 0.467. The molecule has 1 saturated heterocycles. The minimum absolute atomic E-state index is 0.332. The molecule has 0 N–H and O–H groups in total. The molecule has 2 rings (SSSR count). The van der Waals surface area contributed by atoms with Gasteiger partial charge in [-0.05, 0) is 60.3 Å². The first-order valence-corrected chi connectivity index (χ1v) is 7.82. The number of benzene rings is 1. The van der Waals surface area contributed by atoms with Gasteiger partial charge in [0, 0.05) is 16.7 Å². The summed E-state index contributed by atoms with van der Waals surface area (Å²) in [5.74, 6) is -1.15. The van der Waals surface area contributed by atoms with Crippen molar-refractivity contribution < 1.29 is 19.1 Å². The smallest absolute Gasteiger partial charge is 0.338 e. The minimum atomic E-state index is -0.430. The van der Waals surface area contributed by atoms with Gasteiger partial charge in [-0.25, -0.2) is 4.79 Å². The van der Waals surface area contributed by atoms with E-state index in [4.69, 9.17) is 9.47 Å². The van der Waals surface area contributed by atoms with E-state index in [2.05, 4.69) is 22.6 Å². The zero-order valence-corrected chi connectivity index (χ0v) is 14.2. The standard InChI is InChI=1S/C15H18INO4/c1-17-8-7-13(12(9-17)15(19)20-2)21-14(18)10-3-5-11(16)6-4-10/h3-6,12-13H,7-9H2,1-2H3/t12-,13+/m1/s1. The first kappa shape index (κ1) is 16.2. The number of likely N-dealkylation sites (tertiary alicyclic amines) is 1. The van der Waals surface area contributed by atoms with Crippen molar-refractivity contribution in [2.75, 3.05) is 27.2 Å². The van der Waals surface area contributed by atoms with Crippen molar-refractivity contribution in [3.05, 3.63) is 33.4 Å². The molecule has 1 heterocycles. The van der Waals surface area contributed by atoms with Crippen LogP contribution in [0.15, 0.2) is 24.3 Å². The molecule has 1 aromatic rings. The van der Waals surface area contributed by atoms with Crippen LogP contribution < -0.4 is 0 Å². The normalized spacial score (nSPS) is 22.6. The first-order valence-electron chi connectivity index (χ1n) is 6.74. The number of hydrogen-bond acceptors (Lipinski definition) is 5. The highest BCUT2D eigenvalue weighted by atomic mass is 127. The van der Waals surface area contributed by atoms with Crippen LogP contribution in [0.2, 0.25) is 0 Å². The summed E-state index contributed by atoms with van der Waals surface area (Å²) in [6.45, 7) is 1.33. The largest absolute Gasteiger partial charge is 0.469 e. The molecule has 5 nitrogen and oxygen atoms in total. The van der Waals surface area contributed by atoms with Gasteiger partial charge >= 0.3 is 11.9 Å². The summed E-state index contributed by atoms with van der Waals surface area (Å²) in [5, 5.41) is 0. The van der Waals surface area contributed by atoms with E-state index in [0.717, 1.165) is 10.1 Å². The minimum Gasteiger partial charge on any atom is -0.469 e. The summed E-state index contributed by atoms with van der Waals surface area (Å²) < 4.78 is 11.4. The number of rotatable bonds is 3. The number of hydrogen-bond donors (Lipinski definition) is 0. The Bertz CT molecular complexity index is 517. The van der Waals surface area contributed by atoms with E-state index in [9.17, 15) is 9.59 Å². The lowest BCUT2D eigenvalue weighted by Gasteiger charge is -2.34. The molecule has 0 amide bonds. The van der Waals surface area contributed by atoms with Crippen LogP contribution in [0.4, 0.5) is 0 Å². The third-order valence-corrected chi connectivity index (χ3v) is 4.31. The molecule has 0 radical (unpaired) electrons. The predicted molar refractivity (Wildman–Crippen MR) is 86.0 cm³/mol. The Kier molecular flexibility index (Phi) is 5.58. The van der Waals surface area contributed by atoms with Crippen LogP contribution >= 0.6 is 22.6 Å². The molecule has 0 unspecified atom stereocenters. The molecule has 0 spiro atoms. The van der Waals surface area contributed by atoms with E-state index >= 15 is 0 Å². The third kappa shape index (κ3) is 4.16. The molecule has 1 aliphatic rings. The molecule has 6 heteroatoms. The predicted octanol–water partition coefficient (Wildman–Crippen LogP) is 1.94. The molecule has 1 fully saturated rings. The monoisotopic (exact) mass is 403 g/mol. The highest BCUT2D eigenvalue weighted by Crippen LogP contribution is 2.22. The third-order valence-electron chi connectivity index (χ3n) is 3.59. The average molecular weight is 403 g/mol. The second kappa shape index (κ2) is 7.22. The summed E-state index contributed by atoms with van der Waals surface area (Å²) in [7, 11) is 3.29. The molecule has 114 valence electrons. The number of halogens is 1. The van der Waals surface area contributed by atoms with Gasteiger partial charge in [-0.15, -0.1) is 0 Å². The number of esters is 2. The van der Waals surface area contributed by atoms with Crippen molar-refractivity contribution in [3.63, 3.8) is 0 Å². The summed E-state index contributed by atoms with van der Waals surface area (Å²) in [6, 6.07) is 7.16. The van der Waals surface area contributed by atoms with Gasteiger partial charge in [0.1, 0.15) is 12.0 Å². The van der Waals surface area contributed by atoms with Crippen molar-refractivity contribution in [1.82, 2.24) is 4.90 Å². The number of nitrogens with zero attached hydrogens (tertiary/aromatic N) is 1. The number of ether oxygens (including phenoxy) is 2. The van der Waals surface area contributed by atoms with Crippen LogP contribution in [0.5, 0.6) is 0 Å². The van der Waals surface area contributed by atoms with Crippen molar-refractivity contribution >= 4 is 34.5 Å². The van der Waals surface area contributed by atoms with Crippen molar-refractivity contribution in [1.29, 1.82) is 0 Å². The van der Waals surface area contributed by atoms with Crippen molar-refractivity contribution in [3.8, 4) is 0 Å². The van der Waals surface area contributed by atoms with Crippen LogP contribution in [0.3, 0.4) is 0 Å². The Morgan fingerprint density at radius 3 is 2.57 bits per heavy atom. The number of methoxy groups -OCH3 is 1. The molecule has 1 aromatic carbocycles. The van der Waals surface area contributed by atoms with Crippen LogP contribution in [0.1, 0.15) is 16.8 Å². The number of piperidine rings is 1. The topological polar surface area (TPSA) is 55.8 Å². The van der Waals surface area contributed by atoms with Gasteiger partial charge in [0.15, 0.2) is 0 Å². The van der Waals surface area contributed by atoms with E-state index in [1.807, 2.05) is 24.1 Å². The lowest BCUT2D eigenvalue weighted by atomic mass is 9.95. The molecule has 2 atom stereocenters. The molecule has 0 aliphatic carbocycles. The lowest BCUT2D eigenvalue weighted by molar-refractivity contribution is -0.152. The zero-order chi connectivity index (χ0) is 15.4. The second-order valence-electron chi connectivity index (χ2n) is 5.13. The summed E-state index contributed by atoms with van der Waals surface area (Å²) in [5.41, 5.74) is 0.498. The van der Waals surface area contributed by atoms with E-state index in [-0.39, 0.29) is 5.97 Å². The Labute approximate surface area is 137 Å². The van der Waals surface area contributed by atoms with Gasteiger partial charge in [-0.2, -0.15) is 0 Å². The highest BCUT2D eigenvalue weighted by Gasteiger charge is 2.36. The number of carbonyl (C=O) groups is 2. The maximum atomic E-state index is 12.2. The van der Waals surface area contributed by atoms with Crippen LogP contribution in [0, 0.1) is 9.49 Å². The molecule has 0 bridgehead atoms. The van der Waals surface area contributed by atoms with Gasteiger partial charge in [0.25, 0.3) is 0 Å². The summed E-state index contributed by atoms with van der Waals surface area (Å²) >= 11 is 2.18. The molecular weight excluding hydrogens is 385 g/mol. The fourth-order valence-corrected chi connectivity index (χ4v) is 2.76. The van der Waals surface area contributed by atoms with Crippen molar-refractivity contribution in [2.45, 2.75) is 12.5 Å². The Morgan fingerprint density at radius 1 is 1.29 bits per heavy atom. The first-order chi connectivity index (χ1) is 10.0. The average Bonchev–Trinajstić information content (AvgIpc) is 2.48. The van der Waals surface area contributed by atoms with Crippen LogP contribution in [0.25, 0.3) is 0 Å². The Morgan fingerprint density at radius 2 is 1.95 bits per heavy atom. The number of carbonyl (C=O) groups excluding carboxylic acids is 2. The quantitative estimate of drug-likeness (QED) is 0.571. The maximum Gasteiger partial charge on any atom is 0.338 e. The molecule has 0 saturated carbocycles. The molecule has 0 aromatic heterocycles. The highest BCUT2D eigenvalue weighted by molar-refractivity contribution is 14.1.